The molecule has 3 N–H and O–H groups in total. The first-order valence-electron chi connectivity index (χ1n) is 4.14. The molecule has 0 bridgehead atoms. The zero-order chi connectivity index (χ0) is 8.48. The number of aliphatic hydroxyl groups excluding tert-OH is 1. The van der Waals surface area contributed by atoms with E-state index in [-0.39, 0.29) is 12.1 Å². The maximum atomic E-state index is 9.46. The van der Waals surface area contributed by atoms with E-state index in [9.17, 15) is 5.11 Å². The minimum absolute atomic E-state index is 0.00610. The van der Waals surface area contributed by atoms with Gasteiger partial charge in [-0.05, 0) is 25.7 Å². The second kappa shape index (κ2) is 3.58. The van der Waals surface area contributed by atoms with Crippen LogP contribution in [0.4, 0.5) is 0 Å². The second-order valence-electron chi connectivity index (χ2n) is 3.72. The number of hydrogen-bond acceptors (Lipinski definition) is 2. The van der Waals surface area contributed by atoms with E-state index in [2.05, 4.69) is 29.5 Å². The Morgan fingerprint density at radius 3 is 2.64 bits per heavy atom. The van der Waals surface area contributed by atoms with Crippen LogP contribution in [0.5, 0.6) is 0 Å². The van der Waals surface area contributed by atoms with Crippen LogP contribution in [-0.2, 0) is 0 Å². The Kier molecular flexibility index (Phi) is 3.17. The van der Waals surface area contributed by atoms with Gasteiger partial charge in [0.05, 0.1) is 6.10 Å². The Balaban J connectivity index is 2.51. The van der Waals surface area contributed by atoms with E-state index in [4.69, 9.17) is 5.73 Å². The molecule has 1 fully saturated rings. The quantitative estimate of drug-likeness (QED) is 0.397. The van der Waals surface area contributed by atoms with Crippen LogP contribution in [0, 0.1) is 0 Å². The Labute approximate surface area is 81.7 Å². The minimum Gasteiger partial charge on any atom is -0.392 e. The van der Waals surface area contributed by atoms with E-state index < -0.39 is 0 Å². The van der Waals surface area contributed by atoms with Crippen LogP contribution in [0.2, 0.25) is 0 Å². The van der Waals surface area contributed by atoms with Gasteiger partial charge in [0.1, 0.15) is 0 Å². The first kappa shape index (κ1) is 9.74. The van der Waals surface area contributed by atoms with Crippen LogP contribution in [0.15, 0.2) is 0 Å². The molecule has 1 rings (SSSR count). The maximum Gasteiger partial charge on any atom is 0.0691 e. The van der Waals surface area contributed by atoms with Crippen LogP contribution < -0.4 is 5.73 Å². The molecule has 0 aromatic rings. The van der Waals surface area contributed by atoms with Crippen molar-refractivity contribution in [2.24, 2.45) is 5.73 Å². The number of halogens is 1. The molecule has 0 radical (unpaired) electrons. The summed E-state index contributed by atoms with van der Waals surface area (Å²) in [6.07, 6.45) is 3.77. The van der Waals surface area contributed by atoms with Crippen molar-refractivity contribution < 1.29 is 5.11 Å². The Morgan fingerprint density at radius 2 is 2.00 bits per heavy atom. The monoisotopic (exact) mass is 269 g/mol. The van der Waals surface area contributed by atoms with E-state index in [1.165, 1.54) is 0 Å². The molecular formula is C8H16INO. The Bertz CT molecular complexity index is 124. The van der Waals surface area contributed by atoms with Gasteiger partial charge in [0.15, 0.2) is 0 Å². The fourth-order valence-electron chi connectivity index (χ4n) is 1.45. The Hall–Kier alpha value is 0.650. The summed E-state index contributed by atoms with van der Waals surface area (Å²) in [6, 6.07) is 0.00610. The van der Waals surface area contributed by atoms with Crippen molar-refractivity contribution in [3.8, 4) is 0 Å². The molecule has 0 saturated heterocycles. The topological polar surface area (TPSA) is 46.2 Å². The van der Waals surface area contributed by atoms with Gasteiger partial charge in [-0.3, -0.25) is 0 Å². The average molecular weight is 269 g/mol. The molecule has 1 aliphatic carbocycles. The standard InChI is InChI=1S/C8H16INO/c1-8(9)4-2-6(10)7(11)3-5-8/h6-7,11H,2-5,10H2,1H3/t6-,7+,8?/m0/s1. The van der Waals surface area contributed by atoms with Crippen molar-refractivity contribution in [3.63, 3.8) is 0 Å². The normalized spacial score (nSPS) is 46.9. The average Bonchev–Trinajstić information content (AvgIpc) is 2.03. The summed E-state index contributed by atoms with van der Waals surface area (Å²) in [5, 5.41) is 9.46. The van der Waals surface area contributed by atoms with Gasteiger partial charge in [0, 0.05) is 9.46 Å². The van der Waals surface area contributed by atoms with E-state index in [0.717, 1.165) is 25.7 Å². The lowest BCUT2D eigenvalue weighted by atomic mass is 10.0. The molecule has 2 nitrogen and oxygen atoms in total. The van der Waals surface area contributed by atoms with Gasteiger partial charge in [-0.1, -0.05) is 29.5 Å². The minimum atomic E-state index is -0.272. The molecule has 1 saturated carbocycles. The van der Waals surface area contributed by atoms with Crippen molar-refractivity contribution in [2.45, 2.75) is 48.2 Å². The molecular weight excluding hydrogens is 253 g/mol. The molecule has 0 aromatic carbocycles. The third-order valence-corrected chi connectivity index (χ3v) is 3.53. The summed E-state index contributed by atoms with van der Waals surface area (Å²) in [5.41, 5.74) is 5.75. The highest BCUT2D eigenvalue weighted by atomic mass is 127. The SMILES string of the molecule is CC1(I)CC[C@@H](O)[C@@H](N)CC1. The number of nitrogens with two attached hydrogens (primary N) is 1. The molecule has 66 valence electrons. The summed E-state index contributed by atoms with van der Waals surface area (Å²) in [5.74, 6) is 0. The number of rotatable bonds is 0. The largest absolute Gasteiger partial charge is 0.392 e. The lowest BCUT2D eigenvalue weighted by molar-refractivity contribution is 0.137. The highest BCUT2D eigenvalue weighted by molar-refractivity contribution is 14.1. The molecule has 0 aromatic heterocycles. The molecule has 0 heterocycles. The van der Waals surface area contributed by atoms with Gasteiger partial charge in [-0.25, -0.2) is 0 Å². The third-order valence-electron chi connectivity index (χ3n) is 2.45. The predicted octanol–water partition coefficient (Wildman–Crippen LogP) is 1.44. The molecule has 0 aliphatic heterocycles. The third kappa shape index (κ3) is 2.87. The van der Waals surface area contributed by atoms with Crippen LogP contribution in [0.25, 0.3) is 0 Å². The Morgan fingerprint density at radius 1 is 1.45 bits per heavy atom. The highest BCUT2D eigenvalue weighted by Gasteiger charge is 2.28. The van der Waals surface area contributed by atoms with Crippen LogP contribution in [0.1, 0.15) is 32.6 Å². The van der Waals surface area contributed by atoms with Gasteiger partial charge in [0.2, 0.25) is 0 Å². The second-order valence-corrected chi connectivity index (χ2v) is 6.33. The summed E-state index contributed by atoms with van der Waals surface area (Å²) >= 11 is 2.47. The van der Waals surface area contributed by atoms with Crippen molar-refractivity contribution in [3.05, 3.63) is 0 Å². The van der Waals surface area contributed by atoms with E-state index >= 15 is 0 Å². The summed E-state index contributed by atoms with van der Waals surface area (Å²) in [4.78, 5) is 0. The lowest BCUT2D eigenvalue weighted by Gasteiger charge is -2.18. The van der Waals surface area contributed by atoms with E-state index in [0.29, 0.717) is 3.42 Å². The number of aliphatic hydroxyl groups is 1. The predicted molar refractivity (Wildman–Crippen MR) is 54.9 cm³/mol. The lowest BCUT2D eigenvalue weighted by Crippen LogP contribution is -2.33. The zero-order valence-electron chi connectivity index (χ0n) is 6.89. The molecule has 3 atom stereocenters. The highest BCUT2D eigenvalue weighted by Crippen LogP contribution is 2.34. The van der Waals surface area contributed by atoms with Gasteiger partial charge >= 0.3 is 0 Å². The van der Waals surface area contributed by atoms with E-state index in [1.54, 1.807) is 0 Å². The van der Waals surface area contributed by atoms with Gasteiger partial charge in [-0.15, -0.1) is 0 Å². The molecule has 1 aliphatic rings. The fourth-order valence-corrected chi connectivity index (χ4v) is 2.07. The van der Waals surface area contributed by atoms with Crippen LogP contribution >= 0.6 is 22.6 Å². The molecule has 0 amide bonds. The molecule has 11 heavy (non-hydrogen) atoms. The molecule has 1 unspecified atom stereocenters. The van der Waals surface area contributed by atoms with Crippen molar-refractivity contribution in [1.29, 1.82) is 0 Å². The van der Waals surface area contributed by atoms with Gasteiger partial charge in [-0.2, -0.15) is 0 Å². The molecule has 3 heteroatoms. The maximum absolute atomic E-state index is 9.46. The van der Waals surface area contributed by atoms with Gasteiger partial charge < -0.3 is 10.8 Å². The summed E-state index contributed by atoms with van der Waals surface area (Å²) in [6.45, 7) is 2.23. The molecule has 0 spiro atoms. The van der Waals surface area contributed by atoms with Crippen molar-refractivity contribution in [1.82, 2.24) is 0 Å². The first-order chi connectivity index (χ1) is 5.01. The smallest absolute Gasteiger partial charge is 0.0691 e. The summed E-state index contributed by atoms with van der Waals surface area (Å²) < 4.78 is 0.354. The zero-order valence-corrected chi connectivity index (χ0v) is 9.04. The van der Waals surface area contributed by atoms with Gasteiger partial charge in [0.25, 0.3) is 0 Å². The number of alkyl halides is 1. The summed E-state index contributed by atoms with van der Waals surface area (Å²) in [7, 11) is 0. The van der Waals surface area contributed by atoms with Crippen molar-refractivity contribution in [2.75, 3.05) is 0 Å². The van der Waals surface area contributed by atoms with Crippen molar-refractivity contribution >= 4 is 22.6 Å². The number of hydrogen-bond donors (Lipinski definition) is 2. The van der Waals surface area contributed by atoms with Crippen LogP contribution in [0.3, 0.4) is 0 Å². The van der Waals surface area contributed by atoms with E-state index in [1.807, 2.05) is 0 Å². The fraction of sp³-hybridized carbons (Fsp3) is 1.00. The van der Waals surface area contributed by atoms with Crippen LogP contribution in [-0.4, -0.2) is 20.7 Å². The first-order valence-corrected chi connectivity index (χ1v) is 5.22.